The molecule has 1 unspecified atom stereocenters. The number of hydrogen-bond donors (Lipinski definition) is 0. The molecule has 3 heterocycles. The largest absolute Gasteiger partial charge is 0.488 e. The van der Waals surface area contributed by atoms with Crippen LogP contribution >= 0.6 is 11.3 Å². The summed E-state index contributed by atoms with van der Waals surface area (Å²) in [5, 5.41) is 1.27. The molecule has 2 aliphatic heterocycles. The highest BCUT2D eigenvalue weighted by Crippen LogP contribution is 2.49. The molecule has 142 valence electrons. The van der Waals surface area contributed by atoms with Crippen LogP contribution in [0.2, 0.25) is 0 Å². The molecule has 0 saturated carbocycles. The molecule has 0 radical (unpaired) electrons. The molecule has 29 heavy (non-hydrogen) atoms. The van der Waals surface area contributed by atoms with E-state index in [1.165, 1.54) is 26.1 Å². The fourth-order valence-corrected chi connectivity index (χ4v) is 5.70. The molecule has 0 spiro atoms. The van der Waals surface area contributed by atoms with Crippen LogP contribution in [-0.2, 0) is 12.0 Å². The molecule has 2 aliphatic rings. The van der Waals surface area contributed by atoms with Gasteiger partial charge in [0.25, 0.3) is 0 Å². The lowest BCUT2D eigenvalue weighted by Gasteiger charge is -2.41. The minimum absolute atomic E-state index is 0.494. The van der Waals surface area contributed by atoms with Crippen LogP contribution < -0.4 is 9.47 Å². The van der Waals surface area contributed by atoms with Gasteiger partial charge in [0.2, 0.25) is 0 Å². The Morgan fingerprint density at radius 1 is 0.828 bits per heavy atom. The molecular weight excluding hydrogens is 376 g/mol. The smallest absolute Gasteiger partial charge is 0.168 e. The average Bonchev–Trinajstić information content (AvgIpc) is 3.23. The monoisotopic (exact) mass is 396 g/mol. The van der Waals surface area contributed by atoms with Gasteiger partial charge in [0.05, 0.1) is 4.88 Å². The summed E-state index contributed by atoms with van der Waals surface area (Å²) in [6.07, 6.45) is 4.18. The third-order valence-corrected chi connectivity index (χ3v) is 7.24. The van der Waals surface area contributed by atoms with Crippen molar-refractivity contribution in [3.63, 3.8) is 0 Å². The second-order valence-electron chi connectivity index (χ2n) is 7.68. The topological polar surface area (TPSA) is 18.5 Å². The SMILES string of the molecule is C1=C(C2(c3cc4ccccc4s3)CCc3ccccc3O2)COc2ccccc21. The molecule has 0 N–H and O–H groups in total. The van der Waals surface area contributed by atoms with Crippen LogP contribution in [0.5, 0.6) is 11.5 Å². The summed E-state index contributed by atoms with van der Waals surface area (Å²) < 4.78 is 14.3. The van der Waals surface area contributed by atoms with Crippen LogP contribution in [0.15, 0.2) is 84.4 Å². The van der Waals surface area contributed by atoms with E-state index in [4.69, 9.17) is 9.47 Å². The van der Waals surface area contributed by atoms with Gasteiger partial charge in [-0.15, -0.1) is 11.3 Å². The van der Waals surface area contributed by atoms with Crippen molar-refractivity contribution in [2.75, 3.05) is 6.61 Å². The Kier molecular flexibility index (Phi) is 3.78. The van der Waals surface area contributed by atoms with Gasteiger partial charge in [0.15, 0.2) is 5.60 Å². The first-order valence-electron chi connectivity index (χ1n) is 10.0. The van der Waals surface area contributed by atoms with E-state index in [0.29, 0.717) is 6.61 Å². The van der Waals surface area contributed by atoms with Crippen LogP contribution in [0.25, 0.3) is 16.2 Å². The maximum Gasteiger partial charge on any atom is 0.168 e. The average molecular weight is 397 g/mol. The van der Waals surface area contributed by atoms with E-state index in [2.05, 4.69) is 72.8 Å². The molecule has 1 atom stereocenters. The van der Waals surface area contributed by atoms with Gasteiger partial charge in [0, 0.05) is 22.3 Å². The quantitative estimate of drug-likeness (QED) is 0.380. The van der Waals surface area contributed by atoms with Gasteiger partial charge in [-0.3, -0.25) is 0 Å². The predicted molar refractivity (Wildman–Crippen MR) is 119 cm³/mol. The molecule has 0 aliphatic carbocycles. The Morgan fingerprint density at radius 3 is 2.55 bits per heavy atom. The molecule has 1 aromatic heterocycles. The molecule has 4 aromatic rings. The minimum Gasteiger partial charge on any atom is -0.488 e. The highest BCUT2D eigenvalue weighted by Gasteiger charge is 2.44. The van der Waals surface area contributed by atoms with Gasteiger partial charge in [-0.2, -0.15) is 0 Å². The Hall–Kier alpha value is -3.04. The molecule has 0 fully saturated rings. The first-order valence-corrected chi connectivity index (χ1v) is 10.8. The summed E-state index contributed by atoms with van der Waals surface area (Å²) in [4.78, 5) is 1.25. The number of benzene rings is 3. The second kappa shape index (κ2) is 6.50. The van der Waals surface area contributed by atoms with Crippen LogP contribution in [0.3, 0.4) is 0 Å². The number of para-hydroxylation sites is 2. The summed E-state index contributed by atoms with van der Waals surface area (Å²) in [7, 11) is 0. The van der Waals surface area contributed by atoms with Crippen molar-refractivity contribution in [2.24, 2.45) is 0 Å². The maximum atomic E-state index is 6.85. The highest BCUT2D eigenvalue weighted by atomic mass is 32.1. The Bertz CT molecular complexity index is 1220. The van der Waals surface area contributed by atoms with Crippen LogP contribution in [0.4, 0.5) is 0 Å². The zero-order chi connectivity index (χ0) is 19.3. The lowest BCUT2D eigenvalue weighted by Crippen LogP contribution is -2.40. The third kappa shape index (κ3) is 2.69. The van der Waals surface area contributed by atoms with Gasteiger partial charge >= 0.3 is 0 Å². The number of rotatable bonds is 2. The number of ether oxygens (including phenoxy) is 2. The molecular formula is C26H20O2S. The van der Waals surface area contributed by atoms with Crippen molar-refractivity contribution in [1.29, 1.82) is 0 Å². The first kappa shape index (κ1) is 16.9. The van der Waals surface area contributed by atoms with E-state index in [9.17, 15) is 0 Å². The summed E-state index contributed by atoms with van der Waals surface area (Å²) in [5.74, 6) is 1.93. The Labute approximate surface area is 174 Å². The van der Waals surface area contributed by atoms with Crippen molar-refractivity contribution in [2.45, 2.75) is 18.4 Å². The van der Waals surface area contributed by atoms with Crippen molar-refractivity contribution in [1.82, 2.24) is 0 Å². The van der Waals surface area contributed by atoms with E-state index < -0.39 is 5.60 Å². The van der Waals surface area contributed by atoms with Crippen molar-refractivity contribution >= 4 is 27.5 Å². The maximum absolute atomic E-state index is 6.85. The van der Waals surface area contributed by atoms with Crippen molar-refractivity contribution in [3.8, 4) is 11.5 Å². The third-order valence-electron chi connectivity index (χ3n) is 5.98. The zero-order valence-electron chi connectivity index (χ0n) is 15.9. The van der Waals surface area contributed by atoms with E-state index >= 15 is 0 Å². The summed E-state index contributed by atoms with van der Waals surface area (Å²) in [6.45, 7) is 0.549. The molecule has 0 saturated heterocycles. The molecule has 0 amide bonds. The lowest BCUT2D eigenvalue weighted by molar-refractivity contribution is 0.0740. The van der Waals surface area contributed by atoms with Gasteiger partial charge < -0.3 is 9.47 Å². The first-order chi connectivity index (χ1) is 14.3. The van der Waals surface area contributed by atoms with E-state index in [1.807, 2.05) is 23.5 Å². The fourth-order valence-electron chi connectivity index (χ4n) is 4.45. The van der Waals surface area contributed by atoms with Gasteiger partial charge in [-0.05, 0) is 47.7 Å². The highest BCUT2D eigenvalue weighted by molar-refractivity contribution is 7.19. The Morgan fingerprint density at radius 2 is 1.62 bits per heavy atom. The lowest BCUT2D eigenvalue weighted by atomic mass is 9.81. The zero-order valence-corrected chi connectivity index (χ0v) is 16.7. The fraction of sp³-hybridized carbons (Fsp3) is 0.154. The predicted octanol–water partition coefficient (Wildman–Crippen LogP) is 6.60. The van der Waals surface area contributed by atoms with Gasteiger partial charge in [-0.25, -0.2) is 0 Å². The standard InChI is InChI=1S/C26H20O2S/c1-5-11-23-18(7-1)13-14-26(28-23,25-16-20-9-3-6-12-24(20)29-25)21-15-19-8-2-4-10-22(19)27-17-21/h1-12,15-16H,13-14,17H2. The molecule has 6 rings (SSSR count). The number of aryl methyl sites for hydroxylation is 1. The number of fused-ring (bicyclic) bond motifs is 3. The molecule has 3 aromatic carbocycles. The second-order valence-corrected chi connectivity index (χ2v) is 8.77. The van der Waals surface area contributed by atoms with Crippen molar-refractivity contribution < 1.29 is 9.47 Å². The van der Waals surface area contributed by atoms with E-state index in [-0.39, 0.29) is 0 Å². The van der Waals surface area contributed by atoms with Crippen molar-refractivity contribution in [3.05, 3.63) is 100 Å². The molecule has 2 nitrogen and oxygen atoms in total. The van der Waals surface area contributed by atoms with Gasteiger partial charge in [-0.1, -0.05) is 54.6 Å². The normalized spacial score (nSPS) is 20.2. The number of hydrogen-bond acceptors (Lipinski definition) is 3. The summed E-state index contributed by atoms with van der Waals surface area (Å²) in [5.41, 5.74) is 3.10. The Balaban J connectivity index is 1.55. The molecule has 3 heteroatoms. The minimum atomic E-state index is -0.494. The summed E-state index contributed by atoms with van der Waals surface area (Å²) >= 11 is 1.83. The van der Waals surface area contributed by atoms with Crippen LogP contribution in [0, 0.1) is 0 Å². The van der Waals surface area contributed by atoms with Crippen LogP contribution in [0.1, 0.15) is 22.4 Å². The number of thiophene rings is 1. The van der Waals surface area contributed by atoms with Gasteiger partial charge in [0.1, 0.15) is 18.1 Å². The van der Waals surface area contributed by atoms with E-state index in [1.54, 1.807) is 0 Å². The molecule has 0 bridgehead atoms. The van der Waals surface area contributed by atoms with E-state index in [0.717, 1.165) is 29.9 Å². The van der Waals surface area contributed by atoms with Crippen LogP contribution in [-0.4, -0.2) is 6.61 Å². The summed E-state index contributed by atoms with van der Waals surface area (Å²) in [6, 6.07) is 27.5.